The van der Waals surface area contributed by atoms with Gasteiger partial charge in [-0.15, -0.1) is 0 Å². The summed E-state index contributed by atoms with van der Waals surface area (Å²) >= 11 is 2.02. The third kappa shape index (κ3) is 1.95. The zero-order valence-electron chi connectivity index (χ0n) is 10.5. The van der Waals surface area contributed by atoms with E-state index in [2.05, 4.69) is 37.5 Å². The molecule has 3 heteroatoms. The molecule has 0 amide bonds. The Morgan fingerprint density at radius 1 is 1.47 bits per heavy atom. The Morgan fingerprint density at radius 2 is 2.35 bits per heavy atom. The maximum atomic E-state index is 6.31. The molecule has 1 saturated heterocycles. The van der Waals surface area contributed by atoms with Crippen LogP contribution < -0.4 is 10.1 Å². The lowest BCUT2D eigenvalue weighted by atomic mass is 9.86. The lowest BCUT2D eigenvalue weighted by molar-refractivity contribution is 0.0565. The highest BCUT2D eigenvalue weighted by Crippen LogP contribution is 2.45. The smallest absolute Gasteiger partial charge is 0.124 e. The van der Waals surface area contributed by atoms with Crippen LogP contribution in [0.15, 0.2) is 18.2 Å². The van der Waals surface area contributed by atoms with Crippen molar-refractivity contribution in [3.8, 4) is 5.75 Å². The monoisotopic (exact) mass is 249 g/mol. The highest BCUT2D eigenvalue weighted by molar-refractivity contribution is 7.99. The third-order valence-corrected chi connectivity index (χ3v) is 5.08. The molecule has 1 N–H and O–H groups in total. The SMILES string of the molecule is CNC1CC2(CCSC2)Oc2ccc(C)cc21. The Balaban J connectivity index is 2.00. The number of hydrogen-bond donors (Lipinski definition) is 1. The van der Waals surface area contributed by atoms with Gasteiger partial charge < -0.3 is 10.1 Å². The zero-order valence-corrected chi connectivity index (χ0v) is 11.3. The van der Waals surface area contributed by atoms with Gasteiger partial charge in [0, 0.05) is 23.8 Å². The summed E-state index contributed by atoms with van der Waals surface area (Å²) in [6, 6.07) is 6.98. The number of thioether (sulfide) groups is 1. The average molecular weight is 249 g/mol. The minimum Gasteiger partial charge on any atom is -0.486 e. The van der Waals surface area contributed by atoms with Gasteiger partial charge >= 0.3 is 0 Å². The predicted octanol–water partition coefficient (Wildman–Crippen LogP) is 2.91. The maximum Gasteiger partial charge on any atom is 0.124 e. The van der Waals surface area contributed by atoms with Gasteiger partial charge in [0.15, 0.2) is 0 Å². The molecule has 0 aliphatic carbocycles. The van der Waals surface area contributed by atoms with Crippen LogP contribution in [0.4, 0.5) is 0 Å². The van der Waals surface area contributed by atoms with E-state index in [0.717, 1.165) is 17.9 Å². The lowest BCUT2D eigenvalue weighted by Gasteiger charge is -2.39. The first kappa shape index (κ1) is 11.4. The molecule has 3 rings (SSSR count). The molecule has 2 aliphatic rings. The Morgan fingerprint density at radius 3 is 3.06 bits per heavy atom. The van der Waals surface area contributed by atoms with Crippen LogP contribution in [0.2, 0.25) is 0 Å². The molecule has 1 aromatic rings. The number of hydrogen-bond acceptors (Lipinski definition) is 3. The summed E-state index contributed by atoms with van der Waals surface area (Å²) in [7, 11) is 2.05. The van der Waals surface area contributed by atoms with Crippen LogP contribution in [0, 0.1) is 6.92 Å². The molecule has 1 fully saturated rings. The Labute approximate surface area is 107 Å². The molecule has 1 spiro atoms. The standard InChI is InChI=1S/C14H19NOS/c1-10-3-4-13-11(7-10)12(15-2)8-14(16-13)5-6-17-9-14/h3-4,7,12,15H,5-6,8-9H2,1-2H3. The fraction of sp³-hybridized carbons (Fsp3) is 0.571. The molecule has 17 heavy (non-hydrogen) atoms. The number of aryl methyl sites for hydroxylation is 1. The van der Waals surface area contributed by atoms with Crippen molar-refractivity contribution < 1.29 is 4.74 Å². The molecular weight excluding hydrogens is 230 g/mol. The van der Waals surface area contributed by atoms with Gasteiger partial charge in [-0.2, -0.15) is 11.8 Å². The van der Waals surface area contributed by atoms with Crippen molar-refractivity contribution in [1.82, 2.24) is 5.32 Å². The number of rotatable bonds is 1. The summed E-state index contributed by atoms with van der Waals surface area (Å²) in [6.45, 7) is 2.14. The fourth-order valence-electron chi connectivity index (χ4n) is 2.88. The third-order valence-electron chi connectivity index (χ3n) is 3.86. The Hall–Kier alpha value is -0.670. The predicted molar refractivity (Wildman–Crippen MR) is 72.9 cm³/mol. The summed E-state index contributed by atoms with van der Waals surface area (Å²) < 4.78 is 6.31. The van der Waals surface area contributed by atoms with Crippen molar-refractivity contribution in [1.29, 1.82) is 0 Å². The van der Waals surface area contributed by atoms with Crippen LogP contribution in [-0.2, 0) is 0 Å². The normalized spacial score (nSPS) is 31.3. The molecule has 2 heterocycles. The fourth-order valence-corrected chi connectivity index (χ4v) is 4.23. The molecule has 2 aliphatic heterocycles. The van der Waals surface area contributed by atoms with E-state index in [1.54, 1.807) is 0 Å². The van der Waals surface area contributed by atoms with Crippen molar-refractivity contribution in [2.45, 2.75) is 31.4 Å². The summed E-state index contributed by atoms with van der Waals surface area (Å²) in [5.74, 6) is 3.46. The second kappa shape index (κ2) is 4.21. The van der Waals surface area contributed by atoms with Crippen LogP contribution in [0.3, 0.4) is 0 Å². The average Bonchev–Trinajstić information content (AvgIpc) is 2.77. The van der Waals surface area contributed by atoms with Crippen LogP contribution >= 0.6 is 11.8 Å². The molecular formula is C14H19NOS. The minimum atomic E-state index is 0.0839. The van der Waals surface area contributed by atoms with Gasteiger partial charge in [-0.25, -0.2) is 0 Å². The van der Waals surface area contributed by atoms with Gasteiger partial charge in [-0.1, -0.05) is 17.7 Å². The Kier molecular flexibility index (Phi) is 2.83. The number of fused-ring (bicyclic) bond motifs is 1. The number of nitrogens with one attached hydrogen (secondary N) is 1. The highest BCUT2D eigenvalue weighted by Gasteiger charge is 2.43. The second-order valence-electron chi connectivity index (χ2n) is 5.17. The van der Waals surface area contributed by atoms with Crippen molar-refractivity contribution >= 4 is 11.8 Å². The first-order valence-corrected chi connectivity index (χ1v) is 7.42. The van der Waals surface area contributed by atoms with Gasteiger partial charge in [0.2, 0.25) is 0 Å². The van der Waals surface area contributed by atoms with Gasteiger partial charge in [-0.3, -0.25) is 0 Å². The van der Waals surface area contributed by atoms with E-state index < -0.39 is 0 Å². The second-order valence-corrected chi connectivity index (χ2v) is 6.28. The lowest BCUT2D eigenvalue weighted by Crippen LogP contribution is -2.43. The molecule has 0 aromatic heterocycles. The van der Waals surface area contributed by atoms with Gasteiger partial charge in [0.1, 0.15) is 11.4 Å². The minimum absolute atomic E-state index is 0.0839. The zero-order chi connectivity index (χ0) is 11.9. The van der Waals surface area contributed by atoms with Crippen LogP contribution in [0.1, 0.15) is 30.0 Å². The molecule has 2 nitrogen and oxygen atoms in total. The first-order chi connectivity index (χ1) is 8.22. The van der Waals surface area contributed by atoms with Gasteiger partial charge in [0.25, 0.3) is 0 Å². The van der Waals surface area contributed by atoms with E-state index in [0.29, 0.717) is 6.04 Å². The molecule has 0 saturated carbocycles. The quantitative estimate of drug-likeness (QED) is 0.827. The molecule has 0 bridgehead atoms. The van der Waals surface area contributed by atoms with Gasteiger partial charge in [0.05, 0.1) is 0 Å². The summed E-state index contributed by atoms with van der Waals surface area (Å²) in [4.78, 5) is 0. The Bertz CT molecular complexity index is 426. The molecule has 0 radical (unpaired) electrons. The van der Waals surface area contributed by atoms with Gasteiger partial charge in [-0.05, 0) is 32.2 Å². The largest absolute Gasteiger partial charge is 0.486 e. The highest BCUT2D eigenvalue weighted by atomic mass is 32.2. The maximum absolute atomic E-state index is 6.31. The van der Waals surface area contributed by atoms with Crippen LogP contribution in [-0.4, -0.2) is 24.2 Å². The summed E-state index contributed by atoms with van der Waals surface area (Å²) in [5, 5.41) is 3.45. The number of benzene rings is 1. The van der Waals surface area contributed by atoms with Crippen molar-refractivity contribution in [3.63, 3.8) is 0 Å². The van der Waals surface area contributed by atoms with Crippen LogP contribution in [0.5, 0.6) is 5.75 Å². The van der Waals surface area contributed by atoms with E-state index in [1.807, 2.05) is 11.8 Å². The molecule has 2 unspecified atom stereocenters. The van der Waals surface area contributed by atoms with Crippen molar-refractivity contribution in [3.05, 3.63) is 29.3 Å². The van der Waals surface area contributed by atoms with E-state index in [4.69, 9.17) is 4.74 Å². The van der Waals surface area contributed by atoms with Crippen molar-refractivity contribution in [2.24, 2.45) is 0 Å². The summed E-state index contributed by atoms with van der Waals surface area (Å²) in [6.07, 6.45) is 2.29. The first-order valence-electron chi connectivity index (χ1n) is 6.27. The molecule has 1 aromatic carbocycles. The van der Waals surface area contributed by atoms with E-state index in [1.165, 1.54) is 23.3 Å². The number of ether oxygens (including phenoxy) is 1. The topological polar surface area (TPSA) is 21.3 Å². The van der Waals surface area contributed by atoms with E-state index in [-0.39, 0.29) is 5.60 Å². The van der Waals surface area contributed by atoms with E-state index >= 15 is 0 Å². The van der Waals surface area contributed by atoms with Crippen LogP contribution in [0.25, 0.3) is 0 Å². The molecule has 92 valence electrons. The summed E-state index contributed by atoms with van der Waals surface area (Å²) in [5.41, 5.74) is 2.72. The van der Waals surface area contributed by atoms with Crippen molar-refractivity contribution in [2.75, 3.05) is 18.6 Å². The molecule has 2 atom stereocenters. The van der Waals surface area contributed by atoms with E-state index in [9.17, 15) is 0 Å².